The highest BCUT2D eigenvalue weighted by atomic mass is 19.1. The van der Waals surface area contributed by atoms with Crippen molar-refractivity contribution in [2.45, 2.75) is 44.9 Å². The van der Waals surface area contributed by atoms with Crippen molar-refractivity contribution < 1.29 is 14.0 Å². The lowest BCUT2D eigenvalue weighted by molar-refractivity contribution is -0.118. The number of hydrogen-bond donors (Lipinski definition) is 0. The van der Waals surface area contributed by atoms with Gasteiger partial charge in [-0.05, 0) is 75.0 Å². The number of piperidine rings is 1. The highest BCUT2D eigenvalue weighted by Gasteiger charge is 2.40. The number of hydrogen-bond acceptors (Lipinski definition) is 3. The molecule has 1 aliphatic heterocycles. The third-order valence-corrected chi connectivity index (χ3v) is 5.47. The first-order chi connectivity index (χ1) is 11.1. The molecule has 1 spiro atoms. The van der Waals surface area contributed by atoms with Crippen molar-refractivity contribution in [3.8, 4) is 0 Å². The first-order valence-corrected chi connectivity index (χ1v) is 8.59. The number of carbonyl (C=O) groups excluding carboxylic acids is 2. The number of benzene rings is 1. The first-order valence-electron chi connectivity index (χ1n) is 8.59. The first kappa shape index (κ1) is 16.3. The van der Waals surface area contributed by atoms with E-state index in [1.807, 2.05) is 0 Å². The van der Waals surface area contributed by atoms with Gasteiger partial charge in [-0.2, -0.15) is 0 Å². The standard InChI is InChI=1S/C19H24FNO2/c20-16-5-3-15(4-6-16)18(23)2-1-11-21-12-9-19(10-13-21)8-7-17(22)14-19/h3-6H,1-2,7-14H2. The molecule has 1 aliphatic carbocycles. The summed E-state index contributed by atoms with van der Waals surface area (Å²) in [5, 5.41) is 0. The molecule has 1 aromatic carbocycles. The van der Waals surface area contributed by atoms with Crippen molar-refractivity contribution in [3.63, 3.8) is 0 Å². The summed E-state index contributed by atoms with van der Waals surface area (Å²) in [6.45, 7) is 3.01. The Morgan fingerprint density at radius 1 is 1.13 bits per heavy atom. The van der Waals surface area contributed by atoms with Crippen molar-refractivity contribution in [3.05, 3.63) is 35.6 Å². The van der Waals surface area contributed by atoms with Crippen LogP contribution in [0.3, 0.4) is 0 Å². The van der Waals surface area contributed by atoms with Gasteiger partial charge in [-0.25, -0.2) is 4.39 Å². The van der Waals surface area contributed by atoms with E-state index in [9.17, 15) is 14.0 Å². The molecular formula is C19H24FNO2. The average molecular weight is 317 g/mol. The van der Waals surface area contributed by atoms with Gasteiger partial charge in [0, 0.05) is 24.8 Å². The van der Waals surface area contributed by atoms with Crippen LogP contribution in [0.1, 0.15) is 55.3 Å². The van der Waals surface area contributed by atoms with Crippen LogP contribution < -0.4 is 0 Å². The fourth-order valence-electron chi connectivity index (χ4n) is 3.92. The van der Waals surface area contributed by atoms with E-state index in [2.05, 4.69) is 4.90 Å². The van der Waals surface area contributed by atoms with Crippen LogP contribution >= 0.6 is 0 Å². The Labute approximate surface area is 136 Å². The fraction of sp³-hybridized carbons (Fsp3) is 0.579. The van der Waals surface area contributed by atoms with Crippen LogP contribution in [0.4, 0.5) is 4.39 Å². The lowest BCUT2D eigenvalue weighted by atomic mass is 9.77. The molecule has 0 N–H and O–H groups in total. The lowest BCUT2D eigenvalue weighted by Gasteiger charge is -2.38. The molecular weight excluding hydrogens is 293 g/mol. The molecule has 3 nitrogen and oxygen atoms in total. The Hall–Kier alpha value is -1.55. The number of nitrogens with zero attached hydrogens (tertiary/aromatic N) is 1. The minimum atomic E-state index is -0.311. The Balaban J connectivity index is 1.39. The molecule has 23 heavy (non-hydrogen) atoms. The van der Waals surface area contributed by atoms with E-state index in [0.717, 1.165) is 58.2 Å². The molecule has 0 amide bonds. The van der Waals surface area contributed by atoms with Crippen LogP contribution in [-0.2, 0) is 4.79 Å². The van der Waals surface area contributed by atoms with Crippen molar-refractivity contribution in [2.24, 2.45) is 5.41 Å². The Morgan fingerprint density at radius 2 is 1.83 bits per heavy atom. The van der Waals surface area contributed by atoms with E-state index in [0.29, 0.717) is 17.8 Å². The number of Topliss-reactive ketones (excluding diaryl/α,β-unsaturated/α-hetero) is 2. The molecule has 1 heterocycles. The highest BCUT2D eigenvalue weighted by molar-refractivity contribution is 5.95. The van der Waals surface area contributed by atoms with Gasteiger partial charge in [0.05, 0.1) is 0 Å². The van der Waals surface area contributed by atoms with E-state index < -0.39 is 0 Å². The quantitative estimate of drug-likeness (QED) is 0.778. The number of rotatable bonds is 5. The van der Waals surface area contributed by atoms with Gasteiger partial charge >= 0.3 is 0 Å². The molecule has 4 heteroatoms. The zero-order valence-corrected chi connectivity index (χ0v) is 13.5. The minimum absolute atomic E-state index is 0.0832. The second kappa shape index (κ2) is 6.91. The van der Waals surface area contributed by atoms with Gasteiger partial charge in [-0.15, -0.1) is 0 Å². The molecule has 0 atom stereocenters. The van der Waals surface area contributed by atoms with E-state index in [1.54, 1.807) is 12.1 Å². The van der Waals surface area contributed by atoms with Crippen LogP contribution in [0, 0.1) is 11.2 Å². The van der Waals surface area contributed by atoms with Crippen LogP contribution in [0.25, 0.3) is 0 Å². The molecule has 0 bridgehead atoms. The van der Waals surface area contributed by atoms with Gasteiger partial charge in [0.15, 0.2) is 5.78 Å². The summed E-state index contributed by atoms with van der Waals surface area (Å²) in [5.41, 5.74) is 0.880. The van der Waals surface area contributed by atoms with Crippen molar-refractivity contribution in [1.29, 1.82) is 0 Å². The molecule has 1 saturated heterocycles. The fourth-order valence-corrected chi connectivity index (χ4v) is 3.92. The van der Waals surface area contributed by atoms with Gasteiger partial charge in [0.1, 0.15) is 11.6 Å². The molecule has 0 radical (unpaired) electrons. The number of ketones is 2. The van der Waals surface area contributed by atoms with Crippen LogP contribution in [-0.4, -0.2) is 36.1 Å². The van der Waals surface area contributed by atoms with E-state index in [4.69, 9.17) is 0 Å². The second-order valence-corrected chi connectivity index (χ2v) is 7.09. The zero-order chi connectivity index (χ0) is 16.3. The minimum Gasteiger partial charge on any atom is -0.303 e. The summed E-state index contributed by atoms with van der Waals surface area (Å²) in [6.07, 6.45) is 6.20. The lowest BCUT2D eigenvalue weighted by Crippen LogP contribution is -2.39. The van der Waals surface area contributed by atoms with E-state index >= 15 is 0 Å². The molecule has 2 aliphatic rings. The zero-order valence-electron chi connectivity index (χ0n) is 13.5. The summed E-state index contributed by atoms with van der Waals surface area (Å²) in [5.74, 6) is 0.206. The third kappa shape index (κ3) is 4.05. The monoisotopic (exact) mass is 317 g/mol. The molecule has 3 rings (SSSR count). The van der Waals surface area contributed by atoms with Crippen LogP contribution in [0.5, 0.6) is 0 Å². The second-order valence-electron chi connectivity index (χ2n) is 7.09. The highest BCUT2D eigenvalue weighted by Crippen LogP contribution is 2.44. The smallest absolute Gasteiger partial charge is 0.162 e. The number of likely N-dealkylation sites (tertiary alicyclic amines) is 1. The number of halogens is 1. The summed E-state index contributed by atoms with van der Waals surface area (Å²) in [7, 11) is 0. The van der Waals surface area contributed by atoms with Gasteiger partial charge in [-0.1, -0.05) is 0 Å². The predicted molar refractivity (Wildman–Crippen MR) is 86.9 cm³/mol. The summed E-state index contributed by atoms with van der Waals surface area (Å²) in [6, 6.07) is 5.78. The van der Waals surface area contributed by atoms with Gasteiger partial charge in [-0.3, -0.25) is 9.59 Å². The molecule has 124 valence electrons. The van der Waals surface area contributed by atoms with Crippen LogP contribution in [0.15, 0.2) is 24.3 Å². The Bertz CT molecular complexity index is 574. The van der Waals surface area contributed by atoms with Gasteiger partial charge < -0.3 is 4.90 Å². The number of carbonyl (C=O) groups is 2. The van der Waals surface area contributed by atoms with Gasteiger partial charge in [0.2, 0.25) is 0 Å². The SMILES string of the molecule is O=C1CCC2(CCN(CCCC(=O)c3ccc(F)cc3)CC2)C1. The Morgan fingerprint density at radius 3 is 2.43 bits per heavy atom. The average Bonchev–Trinajstić information content (AvgIpc) is 2.91. The van der Waals surface area contributed by atoms with Crippen molar-refractivity contribution in [2.75, 3.05) is 19.6 Å². The maximum atomic E-state index is 12.9. The molecule has 1 aromatic rings. The molecule has 1 saturated carbocycles. The van der Waals surface area contributed by atoms with Crippen LogP contribution in [0.2, 0.25) is 0 Å². The van der Waals surface area contributed by atoms with E-state index in [-0.39, 0.29) is 17.0 Å². The summed E-state index contributed by atoms with van der Waals surface area (Å²) in [4.78, 5) is 26.0. The summed E-state index contributed by atoms with van der Waals surface area (Å²) < 4.78 is 12.9. The normalized spacial score (nSPS) is 21.0. The third-order valence-electron chi connectivity index (χ3n) is 5.47. The van der Waals surface area contributed by atoms with Gasteiger partial charge in [0.25, 0.3) is 0 Å². The maximum absolute atomic E-state index is 12.9. The summed E-state index contributed by atoms with van der Waals surface area (Å²) >= 11 is 0. The molecule has 2 fully saturated rings. The maximum Gasteiger partial charge on any atom is 0.162 e. The predicted octanol–water partition coefficient (Wildman–Crippen LogP) is 3.62. The topological polar surface area (TPSA) is 37.4 Å². The van der Waals surface area contributed by atoms with Crippen molar-refractivity contribution in [1.82, 2.24) is 4.90 Å². The molecule has 0 unspecified atom stereocenters. The van der Waals surface area contributed by atoms with Crippen molar-refractivity contribution >= 4 is 11.6 Å². The Kier molecular flexibility index (Phi) is 4.90. The van der Waals surface area contributed by atoms with E-state index in [1.165, 1.54) is 12.1 Å². The largest absolute Gasteiger partial charge is 0.303 e. The molecule has 0 aromatic heterocycles.